The van der Waals surface area contributed by atoms with Crippen molar-refractivity contribution in [3.8, 4) is 0 Å². The Bertz CT molecular complexity index is 978. The third kappa shape index (κ3) is 5.29. The van der Waals surface area contributed by atoms with Gasteiger partial charge in [-0.05, 0) is 50.1 Å². The van der Waals surface area contributed by atoms with Crippen molar-refractivity contribution in [1.29, 1.82) is 0 Å². The molecular weight excluding hydrogens is 362 g/mol. The Morgan fingerprint density at radius 2 is 1.55 bits per heavy atom. The van der Waals surface area contributed by atoms with E-state index in [9.17, 15) is 9.59 Å². The number of pyridine rings is 1. The Morgan fingerprint density at radius 3 is 2.17 bits per heavy atom. The zero-order valence-electron chi connectivity index (χ0n) is 16.9. The van der Waals surface area contributed by atoms with Crippen molar-refractivity contribution in [2.75, 3.05) is 5.32 Å². The molecule has 0 spiro atoms. The average molecular weight is 387 g/mol. The van der Waals surface area contributed by atoms with Gasteiger partial charge in [0.25, 0.3) is 5.91 Å². The summed E-state index contributed by atoms with van der Waals surface area (Å²) >= 11 is 0. The summed E-state index contributed by atoms with van der Waals surface area (Å²) in [6.45, 7) is 5.75. The summed E-state index contributed by atoms with van der Waals surface area (Å²) < 4.78 is 0. The summed E-state index contributed by atoms with van der Waals surface area (Å²) in [5, 5.41) is 5.96. The first-order chi connectivity index (χ1) is 13.9. The first-order valence-electron chi connectivity index (χ1n) is 9.59. The van der Waals surface area contributed by atoms with Gasteiger partial charge in [-0.3, -0.25) is 14.6 Å². The molecule has 5 heteroatoms. The lowest BCUT2D eigenvalue weighted by molar-refractivity contribution is -0.116. The van der Waals surface area contributed by atoms with Gasteiger partial charge in [-0.15, -0.1) is 0 Å². The summed E-state index contributed by atoms with van der Waals surface area (Å²) in [7, 11) is 0. The van der Waals surface area contributed by atoms with Crippen molar-refractivity contribution in [3.63, 3.8) is 0 Å². The fourth-order valence-corrected chi connectivity index (χ4v) is 3.36. The summed E-state index contributed by atoms with van der Waals surface area (Å²) in [6, 6.07) is 20.0. The molecule has 3 rings (SSSR count). The second-order valence-corrected chi connectivity index (χ2v) is 7.10. The van der Waals surface area contributed by atoms with E-state index in [0.717, 1.165) is 28.2 Å². The van der Waals surface area contributed by atoms with Crippen molar-refractivity contribution in [2.45, 2.75) is 33.2 Å². The molecule has 0 aliphatic rings. The molecule has 0 aliphatic carbocycles. The van der Waals surface area contributed by atoms with Gasteiger partial charge >= 0.3 is 0 Å². The lowest BCUT2D eigenvalue weighted by Crippen LogP contribution is -2.31. The Balaban J connectivity index is 1.78. The highest BCUT2D eigenvalue weighted by Crippen LogP contribution is 2.22. The first-order valence-corrected chi connectivity index (χ1v) is 9.59. The minimum atomic E-state index is -0.442. The molecular formula is C24H25N3O2. The number of carbonyl (C=O) groups excluding carboxylic acids is 2. The number of nitrogens with one attached hydrogen (secondary N) is 2. The molecule has 3 aromatic rings. The van der Waals surface area contributed by atoms with Crippen LogP contribution in [0.5, 0.6) is 0 Å². The Labute approximate surface area is 171 Å². The Hall–Kier alpha value is -3.47. The van der Waals surface area contributed by atoms with Crippen LogP contribution in [0.3, 0.4) is 0 Å². The molecule has 0 radical (unpaired) electrons. The van der Waals surface area contributed by atoms with Crippen LogP contribution in [-0.4, -0.2) is 16.8 Å². The minimum Gasteiger partial charge on any atom is -0.345 e. The molecule has 1 atom stereocenters. The third-order valence-corrected chi connectivity index (χ3v) is 4.72. The second kappa shape index (κ2) is 9.15. The molecule has 1 aromatic heterocycles. The molecule has 0 saturated heterocycles. The Morgan fingerprint density at radius 1 is 0.931 bits per heavy atom. The van der Waals surface area contributed by atoms with Crippen molar-refractivity contribution in [1.82, 2.24) is 10.3 Å². The lowest BCUT2D eigenvalue weighted by atomic mass is 10.0. The van der Waals surface area contributed by atoms with Crippen molar-refractivity contribution >= 4 is 17.5 Å². The van der Waals surface area contributed by atoms with Gasteiger partial charge in [-0.25, -0.2) is 0 Å². The zero-order chi connectivity index (χ0) is 20.8. The summed E-state index contributed by atoms with van der Waals surface area (Å²) in [5.74, 6) is -0.388. The minimum absolute atomic E-state index is 0.120. The van der Waals surface area contributed by atoms with Gasteiger partial charge in [0.2, 0.25) is 5.91 Å². The molecule has 2 N–H and O–H groups in total. The smallest absolute Gasteiger partial charge is 0.251 e. The Kier molecular flexibility index (Phi) is 6.39. The highest BCUT2D eigenvalue weighted by Gasteiger charge is 2.20. The fourth-order valence-electron chi connectivity index (χ4n) is 3.36. The van der Waals surface area contributed by atoms with E-state index in [2.05, 4.69) is 15.6 Å². The number of hydrogen-bond donors (Lipinski definition) is 2. The summed E-state index contributed by atoms with van der Waals surface area (Å²) in [5.41, 5.74) is 4.82. The fraction of sp³-hybridized carbons (Fsp3) is 0.208. The number of anilines is 1. The number of hydrogen-bond acceptors (Lipinski definition) is 3. The van der Waals surface area contributed by atoms with Crippen LogP contribution in [0, 0.1) is 20.8 Å². The predicted octanol–water partition coefficient (Wildman–Crippen LogP) is 4.51. The van der Waals surface area contributed by atoms with E-state index in [-0.39, 0.29) is 18.2 Å². The maximum Gasteiger partial charge on any atom is 0.251 e. The average Bonchev–Trinajstić information content (AvgIpc) is 2.71. The van der Waals surface area contributed by atoms with E-state index in [1.54, 1.807) is 12.1 Å². The molecule has 2 aromatic carbocycles. The maximum absolute atomic E-state index is 12.8. The van der Waals surface area contributed by atoms with Crippen LogP contribution < -0.4 is 10.6 Å². The number of amides is 2. The number of aryl methyl sites for hydroxylation is 3. The van der Waals surface area contributed by atoms with E-state index in [1.165, 1.54) is 0 Å². The molecule has 29 heavy (non-hydrogen) atoms. The monoisotopic (exact) mass is 387 g/mol. The van der Waals surface area contributed by atoms with Gasteiger partial charge in [0.1, 0.15) is 0 Å². The van der Waals surface area contributed by atoms with Crippen molar-refractivity contribution in [3.05, 3.63) is 94.8 Å². The standard InChI is InChI=1S/C24H25N3O2/c1-16-14-17(2)25-18(3)23(16)27-22(28)15-21(19-10-6-4-7-11-19)26-24(29)20-12-8-5-9-13-20/h4-14,21H,15H2,1-3H3,(H,26,29)(H,27,28). The van der Waals surface area contributed by atoms with Crippen LogP contribution >= 0.6 is 0 Å². The molecule has 0 aliphatic heterocycles. The van der Waals surface area contributed by atoms with Crippen LogP contribution in [0.4, 0.5) is 5.69 Å². The summed E-state index contributed by atoms with van der Waals surface area (Å²) in [4.78, 5) is 29.9. The lowest BCUT2D eigenvalue weighted by Gasteiger charge is -2.20. The normalized spacial score (nSPS) is 11.6. The maximum atomic E-state index is 12.8. The topological polar surface area (TPSA) is 71.1 Å². The molecule has 148 valence electrons. The van der Waals surface area contributed by atoms with Crippen LogP contribution in [0.15, 0.2) is 66.7 Å². The molecule has 0 saturated carbocycles. The number of nitrogens with zero attached hydrogens (tertiary/aromatic N) is 1. The molecule has 2 amide bonds. The predicted molar refractivity (Wildman–Crippen MR) is 115 cm³/mol. The van der Waals surface area contributed by atoms with Gasteiger partial charge < -0.3 is 10.6 Å². The third-order valence-electron chi connectivity index (χ3n) is 4.72. The van der Waals surface area contributed by atoms with Gasteiger partial charge in [0.05, 0.1) is 23.8 Å². The number of benzene rings is 2. The van der Waals surface area contributed by atoms with Gasteiger partial charge in [0, 0.05) is 11.3 Å². The quantitative estimate of drug-likeness (QED) is 0.654. The molecule has 1 unspecified atom stereocenters. The molecule has 1 heterocycles. The van der Waals surface area contributed by atoms with Crippen molar-refractivity contribution < 1.29 is 9.59 Å². The van der Waals surface area contributed by atoms with Gasteiger partial charge in [-0.1, -0.05) is 48.5 Å². The second-order valence-electron chi connectivity index (χ2n) is 7.10. The van der Waals surface area contributed by atoms with E-state index >= 15 is 0 Å². The number of aromatic nitrogens is 1. The molecule has 0 bridgehead atoms. The number of carbonyl (C=O) groups is 2. The SMILES string of the molecule is Cc1cc(C)c(NC(=O)CC(NC(=O)c2ccccc2)c2ccccc2)c(C)n1. The highest BCUT2D eigenvalue weighted by atomic mass is 16.2. The van der Waals surface area contributed by atoms with E-state index < -0.39 is 6.04 Å². The van der Waals surface area contributed by atoms with Crippen LogP contribution in [0.25, 0.3) is 0 Å². The van der Waals surface area contributed by atoms with Crippen LogP contribution in [0.1, 0.15) is 45.3 Å². The van der Waals surface area contributed by atoms with E-state index in [0.29, 0.717) is 5.56 Å². The molecule has 5 nitrogen and oxygen atoms in total. The zero-order valence-corrected chi connectivity index (χ0v) is 16.9. The first kappa shape index (κ1) is 20.3. The van der Waals surface area contributed by atoms with Crippen LogP contribution in [-0.2, 0) is 4.79 Å². The highest BCUT2D eigenvalue weighted by molar-refractivity contribution is 5.96. The largest absolute Gasteiger partial charge is 0.345 e. The summed E-state index contributed by atoms with van der Waals surface area (Å²) in [6.07, 6.45) is 0.120. The van der Waals surface area contributed by atoms with Gasteiger partial charge in [-0.2, -0.15) is 0 Å². The number of rotatable bonds is 6. The van der Waals surface area contributed by atoms with E-state index in [4.69, 9.17) is 0 Å². The van der Waals surface area contributed by atoms with Gasteiger partial charge in [0.15, 0.2) is 0 Å². The van der Waals surface area contributed by atoms with Crippen molar-refractivity contribution in [2.24, 2.45) is 0 Å². The van der Waals surface area contributed by atoms with E-state index in [1.807, 2.05) is 75.4 Å². The van der Waals surface area contributed by atoms with Crippen LogP contribution in [0.2, 0.25) is 0 Å². The molecule has 0 fully saturated rings.